The molecule has 2 heteroatoms. The van der Waals surface area contributed by atoms with E-state index in [9.17, 15) is 0 Å². The second-order valence-electron chi connectivity index (χ2n) is 4.94. The monoisotopic (exact) mass is 219 g/mol. The Morgan fingerprint density at radius 1 is 1.25 bits per heavy atom. The Kier molecular flexibility index (Phi) is 3.49. The van der Waals surface area contributed by atoms with Crippen molar-refractivity contribution in [2.24, 2.45) is 5.73 Å². The summed E-state index contributed by atoms with van der Waals surface area (Å²) in [6.45, 7) is 4.38. The van der Waals surface area contributed by atoms with Crippen LogP contribution in [0.1, 0.15) is 44.6 Å². The molecule has 1 aromatic rings. The molecule has 16 heavy (non-hydrogen) atoms. The van der Waals surface area contributed by atoms with E-state index in [1.54, 1.807) is 0 Å². The van der Waals surface area contributed by atoms with E-state index in [0.29, 0.717) is 5.92 Å². The van der Waals surface area contributed by atoms with Crippen molar-refractivity contribution in [3.63, 3.8) is 0 Å². The SMILES string of the molecule is CC(C)c1ccccc1OC1CCCC1N. The molecule has 2 nitrogen and oxygen atoms in total. The van der Waals surface area contributed by atoms with Gasteiger partial charge >= 0.3 is 0 Å². The van der Waals surface area contributed by atoms with Gasteiger partial charge in [-0.25, -0.2) is 0 Å². The van der Waals surface area contributed by atoms with E-state index in [0.717, 1.165) is 18.6 Å². The van der Waals surface area contributed by atoms with Gasteiger partial charge in [-0.1, -0.05) is 32.0 Å². The van der Waals surface area contributed by atoms with Crippen LogP contribution in [-0.2, 0) is 0 Å². The molecule has 0 amide bonds. The van der Waals surface area contributed by atoms with E-state index < -0.39 is 0 Å². The number of para-hydroxylation sites is 1. The summed E-state index contributed by atoms with van der Waals surface area (Å²) in [7, 11) is 0. The van der Waals surface area contributed by atoms with Crippen molar-refractivity contribution in [3.05, 3.63) is 29.8 Å². The zero-order valence-corrected chi connectivity index (χ0v) is 10.1. The Balaban J connectivity index is 2.14. The van der Waals surface area contributed by atoms with Crippen LogP contribution in [0.15, 0.2) is 24.3 Å². The summed E-state index contributed by atoms with van der Waals surface area (Å²) in [6, 6.07) is 8.50. The summed E-state index contributed by atoms with van der Waals surface area (Å²) in [4.78, 5) is 0. The van der Waals surface area contributed by atoms with Gasteiger partial charge in [0.1, 0.15) is 11.9 Å². The predicted octanol–water partition coefficient (Wildman–Crippen LogP) is 3.07. The van der Waals surface area contributed by atoms with Crippen molar-refractivity contribution in [1.82, 2.24) is 0 Å². The molecule has 0 aromatic heterocycles. The van der Waals surface area contributed by atoms with E-state index in [1.165, 1.54) is 12.0 Å². The highest BCUT2D eigenvalue weighted by atomic mass is 16.5. The fourth-order valence-electron chi connectivity index (χ4n) is 2.33. The third-order valence-corrected chi connectivity index (χ3v) is 3.32. The van der Waals surface area contributed by atoms with Gasteiger partial charge in [0, 0.05) is 6.04 Å². The number of hydrogen-bond donors (Lipinski definition) is 1. The van der Waals surface area contributed by atoms with Crippen LogP contribution in [0.5, 0.6) is 5.75 Å². The molecular formula is C14H21NO. The molecule has 88 valence electrons. The first-order valence-corrected chi connectivity index (χ1v) is 6.19. The first-order chi connectivity index (χ1) is 7.68. The minimum atomic E-state index is 0.208. The van der Waals surface area contributed by atoms with E-state index in [2.05, 4.69) is 32.0 Å². The smallest absolute Gasteiger partial charge is 0.123 e. The summed E-state index contributed by atoms with van der Waals surface area (Å²) < 4.78 is 6.06. The molecule has 0 radical (unpaired) electrons. The van der Waals surface area contributed by atoms with Crippen LogP contribution in [0.4, 0.5) is 0 Å². The highest BCUT2D eigenvalue weighted by Gasteiger charge is 2.26. The Hall–Kier alpha value is -1.02. The first-order valence-electron chi connectivity index (χ1n) is 6.19. The lowest BCUT2D eigenvalue weighted by Crippen LogP contribution is -2.33. The molecular weight excluding hydrogens is 198 g/mol. The quantitative estimate of drug-likeness (QED) is 0.848. The lowest BCUT2D eigenvalue weighted by molar-refractivity contribution is 0.189. The molecule has 1 fully saturated rings. The Labute approximate surface area is 97.8 Å². The average Bonchev–Trinajstić information content (AvgIpc) is 2.65. The largest absolute Gasteiger partial charge is 0.489 e. The van der Waals surface area contributed by atoms with Crippen molar-refractivity contribution >= 4 is 0 Å². The molecule has 2 atom stereocenters. The maximum Gasteiger partial charge on any atom is 0.123 e. The van der Waals surface area contributed by atoms with Crippen LogP contribution in [0.3, 0.4) is 0 Å². The number of ether oxygens (including phenoxy) is 1. The number of nitrogens with two attached hydrogens (primary N) is 1. The molecule has 1 aromatic carbocycles. The van der Waals surface area contributed by atoms with Crippen LogP contribution in [0.25, 0.3) is 0 Å². The maximum absolute atomic E-state index is 6.06. The average molecular weight is 219 g/mol. The molecule has 0 saturated heterocycles. The maximum atomic E-state index is 6.06. The fourth-order valence-corrected chi connectivity index (χ4v) is 2.33. The Morgan fingerprint density at radius 2 is 2.00 bits per heavy atom. The van der Waals surface area contributed by atoms with Gasteiger partial charge in [0.2, 0.25) is 0 Å². The second-order valence-corrected chi connectivity index (χ2v) is 4.94. The molecule has 0 heterocycles. The van der Waals surface area contributed by atoms with Crippen LogP contribution in [0.2, 0.25) is 0 Å². The normalized spacial score (nSPS) is 25.0. The number of benzene rings is 1. The van der Waals surface area contributed by atoms with Crippen LogP contribution in [-0.4, -0.2) is 12.1 Å². The first kappa shape index (κ1) is 11.5. The van der Waals surface area contributed by atoms with Gasteiger partial charge in [-0.15, -0.1) is 0 Å². The third-order valence-electron chi connectivity index (χ3n) is 3.32. The van der Waals surface area contributed by atoms with Gasteiger partial charge in [-0.05, 0) is 36.8 Å². The lowest BCUT2D eigenvalue weighted by atomic mass is 10.0. The van der Waals surface area contributed by atoms with E-state index in [1.807, 2.05) is 6.07 Å². The summed E-state index contributed by atoms with van der Waals surface area (Å²) >= 11 is 0. The Bertz CT molecular complexity index is 348. The van der Waals surface area contributed by atoms with Crippen molar-refractivity contribution in [1.29, 1.82) is 0 Å². The summed E-state index contributed by atoms with van der Waals surface area (Å²) in [5.41, 5.74) is 7.31. The van der Waals surface area contributed by atoms with Crippen LogP contribution in [0, 0.1) is 0 Å². The predicted molar refractivity (Wildman–Crippen MR) is 66.8 cm³/mol. The minimum Gasteiger partial charge on any atom is -0.489 e. The van der Waals surface area contributed by atoms with Gasteiger partial charge in [0.25, 0.3) is 0 Å². The van der Waals surface area contributed by atoms with Crippen molar-refractivity contribution in [2.45, 2.75) is 51.2 Å². The molecule has 0 spiro atoms. The summed E-state index contributed by atoms with van der Waals surface area (Å²) in [5, 5.41) is 0. The van der Waals surface area contributed by atoms with Gasteiger partial charge < -0.3 is 10.5 Å². The molecule has 1 aliphatic rings. The zero-order valence-electron chi connectivity index (χ0n) is 10.1. The van der Waals surface area contributed by atoms with E-state index in [-0.39, 0.29) is 12.1 Å². The number of hydrogen-bond acceptors (Lipinski definition) is 2. The molecule has 2 rings (SSSR count). The zero-order chi connectivity index (χ0) is 11.5. The van der Waals surface area contributed by atoms with Gasteiger partial charge in [-0.2, -0.15) is 0 Å². The molecule has 1 saturated carbocycles. The molecule has 2 N–H and O–H groups in total. The minimum absolute atomic E-state index is 0.208. The van der Waals surface area contributed by atoms with Gasteiger partial charge in [0.15, 0.2) is 0 Å². The lowest BCUT2D eigenvalue weighted by Gasteiger charge is -2.21. The van der Waals surface area contributed by atoms with Gasteiger partial charge in [0.05, 0.1) is 0 Å². The van der Waals surface area contributed by atoms with Crippen molar-refractivity contribution in [2.75, 3.05) is 0 Å². The molecule has 0 bridgehead atoms. The van der Waals surface area contributed by atoms with Gasteiger partial charge in [-0.3, -0.25) is 0 Å². The summed E-state index contributed by atoms with van der Waals surface area (Å²) in [5.74, 6) is 1.51. The van der Waals surface area contributed by atoms with Crippen molar-refractivity contribution < 1.29 is 4.74 Å². The Morgan fingerprint density at radius 3 is 2.62 bits per heavy atom. The number of rotatable bonds is 3. The third kappa shape index (κ3) is 2.38. The highest BCUT2D eigenvalue weighted by molar-refractivity contribution is 5.35. The van der Waals surface area contributed by atoms with E-state index in [4.69, 9.17) is 10.5 Å². The second kappa shape index (κ2) is 4.88. The standard InChI is InChI=1S/C14H21NO/c1-10(2)11-6-3-4-8-13(11)16-14-9-5-7-12(14)15/h3-4,6,8,10,12,14H,5,7,9,15H2,1-2H3. The van der Waals surface area contributed by atoms with Crippen LogP contribution < -0.4 is 10.5 Å². The molecule has 0 aliphatic heterocycles. The highest BCUT2D eigenvalue weighted by Crippen LogP contribution is 2.30. The van der Waals surface area contributed by atoms with Crippen molar-refractivity contribution in [3.8, 4) is 5.75 Å². The fraction of sp³-hybridized carbons (Fsp3) is 0.571. The van der Waals surface area contributed by atoms with Crippen LogP contribution >= 0.6 is 0 Å². The molecule has 2 unspecified atom stereocenters. The summed E-state index contributed by atoms with van der Waals surface area (Å²) in [6.07, 6.45) is 3.58. The van der Waals surface area contributed by atoms with E-state index >= 15 is 0 Å². The topological polar surface area (TPSA) is 35.2 Å². The molecule has 1 aliphatic carbocycles.